The number of hydrogen-bond acceptors (Lipinski definition) is 2. The molecule has 0 unspecified atom stereocenters. The fourth-order valence-corrected chi connectivity index (χ4v) is 2.08. The number of amides is 3. The Morgan fingerprint density at radius 3 is 2.17 bits per heavy atom. The highest BCUT2D eigenvalue weighted by Crippen LogP contribution is 2.28. The summed E-state index contributed by atoms with van der Waals surface area (Å²) in [5.74, 6) is -0.133. The third kappa shape index (κ3) is 2.88. The molecule has 0 saturated heterocycles. The molecule has 3 amide bonds. The minimum Gasteiger partial charge on any atom is -0.307 e. The first-order chi connectivity index (χ1) is 8.47. The standard InChI is InChI=1S/C14H18N2O2/c1-8-6-9(2)12(10(3)7-8)15-14(18)16-13(17)11-4-5-11/h6-7,11H,4-5H2,1-3H3,(H2,15,16,17,18). The van der Waals surface area contributed by atoms with Crippen molar-refractivity contribution >= 4 is 17.6 Å². The van der Waals surface area contributed by atoms with Gasteiger partial charge in [-0.05, 0) is 44.7 Å². The maximum absolute atomic E-state index is 11.7. The number of imide groups is 1. The van der Waals surface area contributed by atoms with E-state index in [0.717, 1.165) is 35.2 Å². The molecule has 1 aliphatic carbocycles. The second-order valence-corrected chi connectivity index (χ2v) is 4.99. The van der Waals surface area contributed by atoms with Crippen LogP contribution in [-0.4, -0.2) is 11.9 Å². The molecule has 0 bridgehead atoms. The van der Waals surface area contributed by atoms with E-state index in [1.54, 1.807) is 0 Å². The molecule has 1 aromatic carbocycles. The number of rotatable bonds is 2. The number of hydrogen-bond donors (Lipinski definition) is 2. The third-order valence-corrected chi connectivity index (χ3v) is 3.10. The summed E-state index contributed by atoms with van der Waals surface area (Å²) in [7, 11) is 0. The van der Waals surface area contributed by atoms with Crippen LogP contribution in [0.5, 0.6) is 0 Å². The quantitative estimate of drug-likeness (QED) is 0.842. The van der Waals surface area contributed by atoms with E-state index in [0.29, 0.717) is 0 Å². The van der Waals surface area contributed by atoms with Gasteiger partial charge in [-0.25, -0.2) is 4.79 Å². The molecule has 4 heteroatoms. The van der Waals surface area contributed by atoms with E-state index in [1.807, 2.05) is 32.9 Å². The average Bonchev–Trinajstić information content (AvgIpc) is 3.06. The monoisotopic (exact) mass is 246 g/mol. The van der Waals surface area contributed by atoms with Gasteiger partial charge in [-0.2, -0.15) is 0 Å². The maximum atomic E-state index is 11.7. The van der Waals surface area contributed by atoms with Gasteiger partial charge in [0.1, 0.15) is 0 Å². The van der Waals surface area contributed by atoms with Crippen LogP contribution in [0.4, 0.5) is 10.5 Å². The number of nitrogens with one attached hydrogen (secondary N) is 2. The van der Waals surface area contributed by atoms with Gasteiger partial charge in [-0.3, -0.25) is 10.1 Å². The number of carbonyl (C=O) groups is 2. The van der Waals surface area contributed by atoms with Crippen LogP contribution in [0.3, 0.4) is 0 Å². The van der Waals surface area contributed by atoms with Crippen LogP contribution in [0, 0.1) is 26.7 Å². The molecule has 1 aromatic rings. The first-order valence-electron chi connectivity index (χ1n) is 6.17. The Bertz CT molecular complexity index is 482. The summed E-state index contributed by atoms with van der Waals surface area (Å²) >= 11 is 0. The molecule has 0 spiro atoms. The van der Waals surface area contributed by atoms with Gasteiger partial charge in [0.2, 0.25) is 5.91 Å². The summed E-state index contributed by atoms with van der Waals surface area (Å²) < 4.78 is 0. The summed E-state index contributed by atoms with van der Waals surface area (Å²) in [6.45, 7) is 5.90. The molecule has 0 aliphatic heterocycles. The molecular weight excluding hydrogens is 228 g/mol. The Labute approximate surface area is 107 Å². The molecule has 2 rings (SSSR count). The van der Waals surface area contributed by atoms with Gasteiger partial charge in [0, 0.05) is 11.6 Å². The molecule has 0 radical (unpaired) electrons. The Balaban J connectivity index is 2.04. The number of urea groups is 1. The summed E-state index contributed by atoms with van der Waals surface area (Å²) in [6.07, 6.45) is 1.78. The lowest BCUT2D eigenvalue weighted by molar-refractivity contribution is -0.121. The van der Waals surface area contributed by atoms with Crippen molar-refractivity contribution in [1.29, 1.82) is 0 Å². The zero-order chi connectivity index (χ0) is 13.3. The molecule has 2 N–H and O–H groups in total. The van der Waals surface area contributed by atoms with E-state index in [1.165, 1.54) is 0 Å². The smallest absolute Gasteiger partial charge is 0.307 e. The summed E-state index contributed by atoms with van der Waals surface area (Å²) in [5, 5.41) is 5.12. The molecule has 1 saturated carbocycles. The topological polar surface area (TPSA) is 58.2 Å². The van der Waals surface area contributed by atoms with Crippen LogP contribution in [0.2, 0.25) is 0 Å². The lowest BCUT2D eigenvalue weighted by Gasteiger charge is -2.13. The highest BCUT2D eigenvalue weighted by molar-refractivity contribution is 6.03. The van der Waals surface area contributed by atoms with E-state index in [4.69, 9.17) is 0 Å². The van der Waals surface area contributed by atoms with Gasteiger partial charge in [-0.15, -0.1) is 0 Å². The predicted octanol–water partition coefficient (Wildman–Crippen LogP) is 2.67. The van der Waals surface area contributed by atoms with Crippen molar-refractivity contribution in [1.82, 2.24) is 5.32 Å². The Morgan fingerprint density at radius 1 is 1.11 bits per heavy atom. The normalized spacial score (nSPS) is 14.2. The lowest BCUT2D eigenvalue weighted by Crippen LogP contribution is -2.35. The highest BCUT2D eigenvalue weighted by atomic mass is 16.2. The molecule has 1 aliphatic rings. The van der Waals surface area contributed by atoms with Crippen molar-refractivity contribution in [3.8, 4) is 0 Å². The van der Waals surface area contributed by atoms with Crippen molar-refractivity contribution in [2.24, 2.45) is 5.92 Å². The molecule has 96 valence electrons. The molecule has 4 nitrogen and oxygen atoms in total. The first kappa shape index (κ1) is 12.6. The lowest BCUT2D eigenvalue weighted by atomic mass is 10.1. The van der Waals surface area contributed by atoms with Gasteiger partial charge >= 0.3 is 6.03 Å². The molecule has 1 fully saturated rings. The van der Waals surface area contributed by atoms with Crippen molar-refractivity contribution in [3.05, 3.63) is 28.8 Å². The minimum atomic E-state index is -0.443. The number of carbonyl (C=O) groups excluding carboxylic acids is 2. The molecule has 0 aromatic heterocycles. The van der Waals surface area contributed by atoms with Crippen LogP contribution in [0.15, 0.2) is 12.1 Å². The fourth-order valence-electron chi connectivity index (χ4n) is 2.08. The van der Waals surface area contributed by atoms with Crippen LogP contribution in [-0.2, 0) is 4.79 Å². The highest BCUT2D eigenvalue weighted by Gasteiger charge is 2.30. The summed E-state index contributed by atoms with van der Waals surface area (Å²) in [4.78, 5) is 23.2. The first-order valence-corrected chi connectivity index (χ1v) is 6.17. The Hall–Kier alpha value is -1.84. The Morgan fingerprint density at radius 2 is 1.67 bits per heavy atom. The second-order valence-electron chi connectivity index (χ2n) is 4.99. The molecule has 18 heavy (non-hydrogen) atoms. The van der Waals surface area contributed by atoms with E-state index in [-0.39, 0.29) is 11.8 Å². The van der Waals surface area contributed by atoms with E-state index in [2.05, 4.69) is 10.6 Å². The molecule has 0 heterocycles. The maximum Gasteiger partial charge on any atom is 0.325 e. The van der Waals surface area contributed by atoms with Crippen molar-refractivity contribution in [2.45, 2.75) is 33.6 Å². The van der Waals surface area contributed by atoms with Crippen molar-refractivity contribution in [2.75, 3.05) is 5.32 Å². The fraction of sp³-hybridized carbons (Fsp3) is 0.429. The van der Waals surface area contributed by atoms with Gasteiger partial charge in [0.25, 0.3) is 0 Å². The van der Waals surface area contributed by atoms with Gasteiger partial charge in [-0.1, -0.05) is 17.7 Å². The average molecular weight is 246 g/mol. The van der Waals surface area contributed by atoms with E-state index in [9.17, 15) is 9.59 Å². The van der Waals surface area contributed by atoms with Crippen LogP contribution >= 0.6 is 0 Å². The van der Waals surface area contributed by atoms with Crippen molar-refractivity contribution in [3.63, 3.8) is 0 Å². The second kappa shape index (κ2) is 4.80. The number of anilines is 1. The van der Waals surface area contributed by atoms with Crippen LogP contribution in [0.1, 0.15) is 29.5 Å². The zero-order valence-electron chi connectivity index (χ0n) is 11.0. The van der Waals surface area contributed by atoms with Crippen molar-refractivity contribution < 1.29 is 9.59 Å². The molecular formula is C14H18N2O2. The Kier molecular flexibility index (Phi) is 3.36. The third-order valence-electron chi connectivity index (χ3n) is 3.10. The van der Waals surface area contributed by atoms with Gasteiger partial charge in [0.05, 0.1) is 0 Å². The number of aryl methyl sites for hydroxylation is 3. The van der Waals surface area contributed by atoms with Gasteiger partial charge < -0.3 is 5.32 Å². The summed E-state index contributed by atoms with van der Waals surface area (Å²) in [5.41, 5.74) is 3.94. The van der Waals surface area contributed by atoms with E-state index >= 15 is 0 Å². The molecule has 0 atom stereocenters. The largest absolute Gasteiger partial charge is 0.325 e. The van der Waals surface area contributed by atoms with E-state index < -0.39 is 6.03 Å². The predicted molar refractivity (Wildman–Crippen MR) is 70.5 cm³/mol. The van der Waals surface area contributed by atoms with Crippen LogP contribution < -0.4 is 10.6 Å². The summed E-state index contributed by atoms with van der Waals surface area (Å²) in [6, 6.07) is 3.57. The zero-order valence-corrected chi connectivity index (χ0v) is 11.0. The van der Waals surface area contributed by atoms with Gasteiger partial charge in [0.15, 0.2) is 0 Å². The minimum absolute atomic E-state index is 0.0379. The SMILES string of the molecule is Cc1cc(C)c(NC(=O)NC(=O)C2CC2)c(C)c1. The number of benzene rings is 1. The van der Waals surface area contributed by atoms with Crippen LogP contribution in [0.25, 0.3) is 0 Å².